The number of fused-ring (bicyclic) bond motifs is 1. The van der Waals surface area contributed by atoms with Gasteiger partial charge in [0.25, 0.3) is 0 Å². The van der Waals surface area contributed by atoms with E-state index < -0.39 is 5.97 Å². The Bertz CT molecular complexity index is 820. The van der Waals surface area contributed by atoms with Gasteiger partial charge in [-0.1, -0.05) is 0 Å². The summed E-state index contributed by atoms with van der Waals surface area (Å²) in [6.45, 7) is 8.94. The Morgan fingerprint density at radius 1 is 1.00 bits per heavy atom. The average Bonchev–Trinajstić information content (AvgIpc) is 2.54. The van der Waals surface area contributed by atoms with Crippen LogP contribution < -0.4 is 14.0 Å². The number of rotatable bonds is 3. The van der Waals surface area contributed by atoms with Crippen LogP contribution in [0, 0.1) is 0 Å². The van der Waals surface area contributed by atoms with E-state index in [1.165, 1.54) is 11.1 Å². The van der Waals surface area contributed by atoms with Crippen LogP contribution in [0.1, 0.15) is 62.0 Å². The van der Waals surface area contributed by atoms with Gasteiger partial charge in [0, 0.05) is 0 Å². The van der Waals surface area contributed by atoms with E-state index in [9.17, 15) is 9.90 Å². The first-order valence-corrected chi connectivity index (χ1v) is 10.2. The molecule has 0 heterocycles. The van der Waals surface area contributed by atoms with Gasteiger partial charge in [-0.15, -0.1) is 0 Å². The van der Waals surface area contributed by atoms with E-state index in [0.717, 1.165) is 21.8 Å². The van der Waals surface area contributed by atoms with Crippen molar-refractivity contribution in [1.29, 1.82) is 0 Å². The molecule has 0 unspecified atom stereocenters. The van der Waals surface area contributed by atoms with Gasteiger partial charge in [-0.2, -0.15) is 0 Å². The molecule has 0 spiro atoms. The van der Waals surface area contributed by atoms with E-state index >= 15 is 0 Å². The molecule has 0 saturated heterocycles. The molecule has 3 rings (SSSR count). The van der Waals surface area contributed by atoms with E-state index in [0.29, 0.717) is 0 Å². The maximum atomic E-state index is 12.7. The third-order valence-electron chi connectivity index (χ3n) is 5.25. The minimum absolute atomic E-state index is 0.0404. The third-order valence-corrected chi connectivity index (χ3v) is 7.44. The Kier molecular flexibility index (Phi) is 4.47. The standard InChI is InChI=1S/C21H24O3Se/c1-20(2)9-10-21(3,4)16-12-18(17(22)11-15(16)20)25-14-7-5-13(6-8-14)19(23)24/h5-8,11-12,22H,9-10H2,1-4H3,(H,23,24)/p-1. The summed E-state index contributed by atoms with van der Waals surface area (Å²) in [6, 6.07) is 10.8. The van der Waals surface area contributed by atoms with Crippen molar-refractivity contribution in [3.05, 3.63) is 53.1 Å². The van der Waals surface area contributed by atoms with E-state index in [1.54, 1.807) is 12.1 Å². The number of hydrogen-bond acceptors (Lipinski definition) is 2. The van der Waals surface area contributed by atoms with Crippen LogP contribution in [-0.4, -0.2) is 26.0 Å². The van der Waals surface area contributed by atoms with Crippen LogP contribution in [0.15, 0.2) is 36.4 Å². The molecule has 1 aliphatic carbocycles. The number of aromatic carboxylic acids is 1. The van der Waals surface area contributed by atoms with E-state index in [4.69, 9.17) is 5.11 Å². The zero-order chi connectivity index (χ0) is 18.4. The van der Waals surface area contributed by atoms with Crippen molar-refractivity contribution in [1.82, 2.24) is 0 Å². The fourth-order valence-corrected chi connectivity index (χ4v) is 5.26. The van der Waals surface area contributed by atoms with Crippen LogP contribution in [-0.2, 0) is 10.8 Å². The summed E-state index contributed by atoms with van der Waals surface area (Å²) in [5, 5.41) is 21.7. The third kappa shape index (κ3) is 3.47. The zero-order valence-corrected chi connectivity index (χ0v) is 16.8. The van der Waals surface area contributed by atoms with Crippen molar-refractivity contribution in [3.63, 3.8) is 0 Å². The molecule has 132 valence electrons. The molecule has 0 atom stereocenters. The van der Waals surface area contributed by atoms with Crippen molar-refractivity contribution in [2.45, 2.75) is 51.4 Å². The van der Waals surface area contributed by atoms with Gasteiger partial charge >= 0.3 is 155 Å². The first-order valence-electron chi connectivity index (χ1n) is 8.47. The Labute approximate surface area is 155 Å². The van der Waals surface area contributed by atoms with E-state index in [1.807, 2.05) is 18.2 Å². The molecule has 0 aromatic heterocycles. The summed E-state index contributed by atoms with van der Waals surface area (Å²) in [5.41, 5.74) is 2.88. The normalized spacial score (nSPS) is 17.8. The second kappa shape index (κ2) is 6.19. The molecule has 4 heteroatoms. The van der Waals surface area contributed by atoms with Gasteiger partial charge in [0.2, 0.25) is 0 Å². The minimum atomic E-state index is -0.929. The van der Waals surface area contributed by atoms with Gasteiger partial charge in [-0.25, -0.2) is 0 Å². The summed E-state index contributed by atoms with van der Waals surface area (Å²) < 4.78 is 1.86. The summed E-state index contributed by atoms with van der Waals surface area (Å²) in [4.78, 5) is 11.0. The molecule has 0 aliphatic heterocycles. The molecule has 2 aromatic rings. The Morgan fingerprint density at radius 3 is 2.04 bits per heavy atom. The van der Waals surface area contributed by atoms with Crippen molar-refractivity contribution in [3.8, 4) is 5.75 Å². The van der Waals surface area contributed by atoms with Crippen LogP contribution >= 0.6 is 0 Å². The Balaban J connectivity index is 1.99. The zero-order valence-electron chi connectivity index (χ0n) is 15.1. The molecule has 3 nitrogen and oxygen atoms in total. The van der Waals surface area contributed by atoms with Crippen LogP contribution in [0.2, 0.25) is 0 Å². The maximum absolute atomic E-state index is 12.7. The Hall–Kier alpha value is -1.77. The van der Waals surface area contributed by atoms with Gasteiger partial charge in [0.15, 0.2) is 0 Å². The fraction of sp³-hybridized carbons (Fsp3) is 0.381. The average molecular weight is 402 g/mol. The fourth-order valence-electron chi connectivity index (χ4n) is 3.45. The molecule has 1 aliphatic rings. The number of hydrogen-bond donors (Lipinski definition) is 1. The van der Waals surface area contributed by atoms with Gasteiger partial charge < -0.3 is 0 Å². The second-order valence-electron chi connectivity index (χ2n) is 8.04. The van der Waals surface area contributed by atoms with Crippen molar-refractivity contribution in [2.24, 2.45) is 0 Å². The quantitative estimate of drug-likeness (QED) is 0.803. The molecule has 2 aromatic carbocycles. The molecule has 25 heavy (non-hydrogen) atoms. The predicted octanol–water partition coefficient (Wildman–Crippen LogP) is 2.46. The number of carboxylic acids is 1. The topological polar surface area (TPSA) is 60.4 Å². The van der Waals surface area contributed by atoms with Gasteiger partial charge in [0.1, 0.15) is 0 Å². The molecule has 0 radical (unpaired) electrons. The van der Waals surface area contributed by atoms with Gasteiger partial charge in [0.05, 0.1) is 0 Å². The van der Waals surface area contributed by atoms with E-state index in [2.05, 4.69) is 33.8 Å². The first kappa shape index (κ1) is 18.0. The number of benzene rings is 2. The van der Waals surface area contributed by atoms with Crippen LogP contribution in [0.25, 0.3) is 0 Å². The molecule has 0 saturated carbocycles. The van der Waals surface area contributed by atoms with Crippen molar-refractivity contribution >= 4 is 29.8 Å². The van der Waals surface area contributed by atoms with Gasteiger partial charge in [-0.05, 0) is 0 Å². The van der Waals surface area contributed by atoms with Crippen LogP contribution in [0.3, 0.4) is 0 Å². The van der Waals surface area contributed by atoms with Crippen molar-refractivity contribution < 1.29 is 15.0 Å². The molecule has 0 bridgehead atoms. The molecule has 0 amide bonds. The van der Waals surface area contributed by atoms with Crippen LogP contribution in [0.4, 0.5) is 0 Å². The monoisotopic (exact) mass is 403 g/mol. The summed E-state index contributed by atoms with van der Waals surface area (Å²) in [5.74, 6) is -0.826. The molecular weight excluding hydrogens is 379 g/mol. The van der Waals surface area contributed by atoms with Gasteiger partial charge in [-0.3, -0.25) is 0 Å². The SMILES string of the molecule is CC1(C)CCC(C)(C)c2cc([Se]c3ccc(C(=O)O)cc3)c([O-])cc21. The molecule has 0 fully saturated rings. The molecule has 1 N–H and O–H groups in total. The first-order chi connectivity index (χ1) is 11.6. The van der Waals surface area contributed by atoms with E-state index in [-0.39, 0.29) is 37.1 Å². The van der Waals surface area contributed by atoms with Crippen LogP contribution in [0.5, 0.6) is 5.75 Å². The molecular formula is C21H23O3Se-. The summed E-state index contributed by atoms with van der Waals surface area (Å²) in [7, 11) is 0. The number of carbonyl (C=O) groups is 1. The second-order valence-corrected chi connectivity index (χ2v) is 10.4. The summed E-state index contributed by atoms with van der Waals surface area (Å²) in [6.07, 6.45) is 2.21. The van der Waals surface area contributed by atoms with Crippen molar-refractivity contribution in [2.75, 3.05) is 0 Å². The Morgan fingerprint density at radius 2 is 1.52 bits per heavy atom. The predicted molar refractivity (Wildman–Crippen MR) is 99.6 cm³/mol. The summed E-state index contributed by atoms with van der Waals surface area (Å²) >= 11 is -0.124. The number of carboxylic acid groups (broad SMARTS) is 1.